The molecule has 2 atom stereocenters. The summed E-state index contributed by atoms with van der Waals surface area (Å²) in [6.07, 6.45) is 5.01. The summed E-state index contributed by atoms with van der Waals surface area (Å²) in [4.78, 5) is 2.97. The third kappa shape index (κ3) is 2.96. The maximum absolute atomic E-state index is 6.15. The summed E-state index contributed by atoms with van der Waals surface area (Å²) in [6.45, 7) is 3.29. The highest BCUT2D eigenvalue weighted by Crippen LogP contribution is 2.44. The molecule has 0 saturated heterocycles. The molecule has 1 aliphatic carbocycles. The molecule has 0 amide bonds. The van der Waals surface area contributed by atoms with Crippen molar-refractivity contribution in [2.45, 2.75) is 44.6 Å². The van der Waals surface area contributed by atoms with Crippen molar-refractivity contribution in [2.24, 2.45) is 0 Å². The van der Waals surface area contributed by atoms with Crippen LogP contribution < -0.4 is 5.32 Å². The number of hydrogen-bond acceptors (Lipinski definition) is 3. The normalized spacial score (nSPS) is 19.8. The van der Waals surface area contributed by atoms with Crippen LogP contribution in [-0.2, 0) is 6.42 Å². The van der Waals surface area contributed by atoms with Crippen LogP contribution in [0.5, 0.6) is 0 Å². The monoisotopic (exact) mass is 325 g/mol. The van der Waals surface area contributed by atoms with Crippen molar-refractivity contribution in [2.75, 3.05) is 6.54 Å². The Morgan fingerprint density at radius 1 is 1.40 bits per heavy atom. The molecule has 0 aromatic carbocycles. The highest BCUT2D eigenvalue weighted by Gasteiger charge is 2.30. The summed E-state index contributed by atoms with van der Waals surface area (Å²) >= 11 is 9.79. The molecule has 0 radical (unpaired) electrons. The minimum Gasteiger partial charge on any atom is -0.309 e. The van der Waals surface area contributed by atoms with Crippen LogP contribution >= 0.6 is 34.3 Å². The van der Waals surface area contributed by atoms with E-state index < -0.39 is 0 Å². The first-order valence-corrected chi connectivity index (χ1v) is 9.42. The SMILES string of the molecule is CCCNC(c1ccc(Cl)s1)C1CCCc2sccc21. The standard InChI is InChI=1S/C16H20ClNS2/c1-2-9-18-16(14-6-7-15(17)20-14)12-4-3-5-13-11(12)8-10-19-13/h6-8,10,12,16,18H,2-5,9H2,1H3. The zero-order valence-electron chi connectivity index (χ0n) is 11.7. The fraction of sp³-hybridized carbons (Fsp3) is 0.500. The third-order valence-corrected chi connectivity index (χ3v) is 6.33. The maximum Gasteiger partial charge on any atom is 0.0931 e. The van der Waals surface area contributed by atoms with E-state index in [-0.39, 0.29) is 0 Å². The smallest absolute Gasteiger partial charge is 0.0931 e. The molecule has 2 unspecified atom stereocenters. The van der Waals surface area contributed by atoms with Crippen LogP contribution in [0.15, 0.2) is 23.6 Å². The summed E-state index contributed by atoms with van der Waals surface area (Å²) in [6, 6.07) is 6.97. The fourth-order valence-corrected chi connectivity index (χ4v) is 5.30. The zero-order valence-corrected chi connectivity index (χ0v) is 14.1. The predicted molar refractivity (Wildman–Crippen MR) is 90.4 cm³/mol. The van der Waals surface area contributed by atoms with Crippen LogP contribution in [0.2, 0.25) is 4.34 Å². The first kappa shape index (κ1) is 14.6. The van der Waals surface area contributed by atoms with Crippen molar-refractivity contribution >= 4 is 34.3 Å². The Hall–Kier alpha value is -0.350. The number of nitrogens with one attached hydrogen (secondary N) is 1. The average molecular weight is 326 g/mol. The van der Waals surface area contributed by atoms with Crippen LogP contribution in [0.1, 0.15) is 53.5 Å². The molecule has 0 fully saturated rings. The fourth-order valence-electron chi connectivity index (χ4n) is 3.10. The van der Waals surface area contributed by atoms with Gasteiger partial charge in [-0.15, -0.1) is 22.7 Å². The highest BCUT2D eigenvalue weighted by atomic mass is 35.5. The summed E-state index contributed by atoms with van der Waals surface area (Å²) in [7, 11) is 0. The lowest BCUT2D eigenvalue weighted by atomic mass is 9.82. The van der Waals surface area contributed by atoms with Crippen molar-refractivity contribution in [3.05, 3.63) is 43.2 Å². The topological polar surface area (TPSA) is 12.0 Å². The van der Waals surface area contributed by atoms with Gasteiger partial charge in [-0.1, -0.05) is 18.5 Å². The Bertz CT molecular complexity index is 560. The van der Waals surface area contributed by atoms with E-state index in [1.165, 1.54) is 30.6 Å². The Morgan fingerprint density at radius 2 is 2.30 bits per heavy atom. The molecule has 1 N–H and O–H groups in total. The molecule has 2 aromatic rings. The van der Waals surface area contributed by atoms with Gasteiger partial charge in [0, 0.05) is 21.7 Å². The van der Waals surface area contributed by atoms with Crippen molar-refractivity contribution in [3.8, 4) is 0 Å². The first-order valence-electron chi connectivity index (χ1n) is 7.34. The van der Waals surface area contributed by atoms with E-state index in [0.717, 1.165) is 10.9 Å². The minimum absolute atomic E-state index is 0.418. The van der Waals surface area contributed by atoms with Crippen molar-refractivity contribution in [1.29, 1.82) is 0 Å². The molecule has 1 aliphatic rings. The Kier molecular flexibility index (Phi) is 4.82. The molecule has 2 heterocycles. The van der Waals surface area contributed by atoms with E-state index in [1.54, 1.807) is 21.8 Å². The predicted octanol–water partition coefficient (Wildman–Crippen LogP) is 5.62. The van der Waals surface area contributed by atoms with Gasteiger partial charge in [0.2, 0.25) is 0 Å². The Balaban J connectivity index is 1.90. The van der Waals surface area contributed by atoms with Gasteiger partial charge in [0.1, 0.15) is 0 Å². The maximum atomic E-state index is 6.15. The molecule has 4 heteroatoms. The van der Waals surface area contributed by atoms with Crippen LogP contribution in [0, 0.1) is 0 Å². The molecule has 3 rings (SSSR count). The molecule has 2 aromatic heterocycles. The van der Waals surface area contributed by atoms with Gasteiger partial charge in [-0.25, -0.2) is 0 Å². The average Bonchev–Trinajstić information content (AvgIpc) is 3.08. The molecule has 0 saturated carbocycles. The van der Waals surface area contributed by atoms with Gasteiger partial charge >= 0.3 is 0 Å². The summed E-state index contributed by atoms with van der Waals surface area (Å²) < 4.78 is 0.893. The largest absolute Gasteiger partial charge is 0.309 e. The van der Waals surface area contributed by atoms with E-state index in [2.05, 4.69) is 29.8 Å². The van der Waals surface area contributed by atoms with E-state index in [0.29, 0.717) is 12.0 Å². The lowest BCUT2D eigenvalue weighted by Gasteiger charge is -2.31. The van der Waals surface area contributed by atoms with Crippen molar-refractivity contribution < 1.29 is 0 Å². The molecule has 108 valence electrons. The molecular weight excluding hydrogens is 306 g/mol. The number of fused-ring (bicyclic) bond motifs is 1. The van der Waals surface area contributed by atoms with E-state index >= 15 is 0 Å². The summed E-state index contributed by atoms with van der Waals surface area (Å²) in [5, 5.41) is 6.01. The number of halogens is 1. The molecule has 0 aliphatic heterocycles. The van der Waals surface area contributed by atoms with Crippen molar-refractivity contribution in [1.82, 2.24) is 5.32 Å². The second kappa shape index (κ2) is 6.61. The molecule has 1 nitrogen and oxygen atoms in total. The first-order chi connectivity index (χ1) is 9.79. The van der Waals surface area contributed by atoms with E-state index in [1.807, 2.05) is 17.4 Å². The molecular formula is C16H20ClNS2. The number of aryl methyl sites for hydroxylation is 1. The molecule has 0 bridgehead atoms. The van der Waals surface area contributed by atoms with Gasteiger partial charge in [0.05, 0.1) is 4.34 Å². The minimum atomic E-state index is 0.418. The van der Waals surface area contributed by atoms with Crippen LogP contribution in [-0.4, -0.2) is 6.54 Å². The van der Waals surface area contributed by atoms with Gasteiger partial charge in [-0.2, -0.15) is 0 Å². The zero-order chi connectivity index (χ0) is 13.9. The lowest BCUT2D eigenvalue weighted by Crippen LogP contribution is -2.28. The summed E-state index contributed by atoms with van der Waals surface area (Å²) in [5.74, 6) is 0.603. The van der Waals surface area contributed by atoms with Gasteiger partial charge in [0.15, 0.2) is 0 Å². The number of rotatable bonds is 5. The van der Waals surface area contributed by atoms with E-state index in [9.17, 15) is 0 Å². The van der Waals surface area contributed by atoms with Gasteiger partial charge in [-0.05, 0) is 61.4 Å². The Labute approximate surface area is 134 Å². The molecule has 20 heavy (non-hydrogen) atoms. The van der Waals surface area contributed by atoms with Crippen LogP contribution in [0.3, 0.4) is 0 Å². The van der Waals surface area contributed by atoms with E-state index in [4.69, 9.17) is 11.6 Å². The van der Waals surface area contributed by atoms with Gasteiger partial charge in [0.25, 0.3) is 0 Å². The van der Waals surface area contributed by atoms with Crippen LogP contribution in [0.4, 0.5) is 0 Å². The third-order valence-electron chi connectivity index (χ3n) is 4.02. The number of hydrogen-bond donors (Lipinski definition) is 1. The second-order valence-corrected chi connectivity index (χ2v) is 8.12. The van der Waals surface area contributed by atoms with Crippen molar-refractivity contribution in [3.63, 3.8) is 0 Å². The molecule has 0 spiro atoms. The van der Waals surface area contributed by atoms with Gasteiger partial charge in [-0.3, -0.25) is 0 Å². The highest BCUT2D eigenvalue weighted by molar-refractivity contribution is 7.16. The quantitative estimate of drug-likeness (QED) is 0.751. The lowest BCUT2D eigenvalue weighted by molar-refractivity contribution is 0.409. The number of thiophene rings is 2. The summed E-state index contributed by atoms with van der Waals surface area (Å²) in [5.41, 5.74) is 1.57. The Morgan fingerprint density at radius 3 is 3.05 bits per heavy atom. The van der Waals surface area contributed by atoms with Gasteiger partial charge < -0.3 is 5.32 Å². The second-order valence-electron chi connectivity index (χ2n) is 5.37. The van der Waals surface area contributed by atoms with Crippen LogP contribution in [0.25, 0.3) is 0 Å².